The highest BCUT2D eigenvalue weighted by atomic mass is 31.2. The number of benzene rings is 4. The van der Waals surface area contributed by atoms with Gasteiger partial charge in [-0.3, -0.25) is 14.2 Å². The lowest BCUT2D eigenvalue weighted by molar-refractivity contribution is 0.0747. The van der Waals surface area contributed by atoms with Crippen molar-refractivity contribution in [3.63, 3.8) is 0 Å². The molecule has 6 nitrogen and oxygen atoms in total. The zero-order valence-electron chi connectivity index (χ0n) is 22.5. The standard InChI is InChI=1S/C18H21O4P.C14H12O2/c1-5-14-7-6-8-15(23(20,21)22)17(14)18(19)16-12(3)9-11(2)10-13(16)4;15-13(11-7-3-1-4-8-11)14(16)12-9-5-2-6-10-12/h6-10H,5H2,1-4H3,(H2,20,21,22);1-10,13,15H. The lowest BCUT2D eigenvalue weighted by Gasteiger charge is -2.17. The monoisotopic (exact) mass is 544 g/mol. The van der Waals surface area contributed by atoms with Crippen molar-refractivity contribution in [2.45, 2.75) is 40.2 Å². The van der Waals surface area contributed by atoms with Crippen LogP contribution in [0.2, 0.25) is 0 Å². The second-order valence-corrected chi connectivity index (χ2v) is 10.9. The van der Waals surface area contributed by atoms with Gasteiger partial charge in [-0.15, -0.1) is 0 Å². The fourth-order valence-electron chi connectivity index (χ4n) is 4.60. The molecule has 1 unspecified atom stereocenters. The van der Waals surface area contributed by atoms with E-state index in [9.17, 15) is 29.0 Å². The maximum atomic E-state index is 13.1. The van der Waals surface area contributed by atoms with E-state index in [0.29, 0.717) is 28.7 Å². The van der Waals surface area contributed by atoms with E-state index in [2.05, 4.69) is 0 Å². The maximum absolute atomic E-state index is 13.1. The predicted molar refractivity (Wildman–Crippen MR) is 154 cm³/mol. The minimum Gasteiger partial charge on any atom is -0.380 e. The second-order valence-electron chi connectivity index (χ2n) is 9.36. The number of rotatable bonds is 7. The van der Waals surface area contributed by atoms with E-state index in [0.717, 1.165) is 16.7 Å². The van der Waals surface area contributed by atoms with Gasteiger partial charge in [0.2, 0.25) is 0 Å². The molecule has 202 valence electrons. The summed E-state index contributed by atoms with van der Waals surface area (Å²) in [7, 11) is -4.53. The van der Waals surface area contributed by atoms with Gasteiger partial charge in [-0.25, -0.2) is 0 Å². The molecule has 0 spiro atoms. The molecule has 4 rings (SSSR count). The Morgan fingerprint density at radius 1 is 0.769 bits per heavy atom. The quantitative estimate of drug-likeness (QED) is 0.200. The van der Waals surface area contributed by atoms with Crippen LogP contribution in [0.15, 0.2) is 91.0 Å². The molecule has 39 heavy (non-hydrogen) atoms. The largest absolute Gasteiger partial charge is 0.380 e. The number of hydrogen-bond acceptors (Lipinski definition) is 4. The van der Waals surface area contributed by atoms with Crippen molar-refractivity contribution in [1.82, 2.24) is 0 Å². The van der Waals surface area contributed by atoms with Gasteiger partial charge in [-0.05, 0) is 55.5 Å². The molecular weight excluding hydrogens is 511 g/mol. The van der Waals surface area contributed by atoms with Crippen molar-refractivity contribution < 1.29 is 29.0 Å². The average molecular weight is 545 g/mol. The van der Waals surface area contributed by atoms with Crippen LogP contribution in [0.3, 0.4) is 0 Å². The summed E-state index contributed by atoms with van der Waals surface area (Å²) in [6.07, 6.45) is -0.553. The Morgan fingerprint density at radius 3 is 1.82 bits per heavy atom. The third kappa shape index (κ3) is 7.25. The maximum Gasteiger partial charge on any atom is 0.356 e. The minimum absolute atomic E-state index is 0.137. The minimum atomic E-state index is -4.53. The molecule has 0 aliphatic heterocycles. The first-order valence-corrected chi connectivity index (χ1v) is 14.2. The van der Waals surface area contributed by atoms with Gasteiger partial charge >= 0.3 is 7.60 Å². The number of carbonyl (C=O) groups excluding carboxylic acids is 2. The molecule has 0 bridgehead atoms. The van der Waals surface area contributed by atoms with Crippen molar-refractivity contribution in [3.05, 3.63) is 136 Å². The van der Waals surface area contributed by atoms with Crippen LogP contribution in [0, 0.1) is 20.8 Å². The summed E-state index contributed by atoms with van der Waals surface area (Å²) in [5.74, 6) is -0.595. The SMILES string of the molecule is CCc1cccc(P(=O)(O)O)c1C(=O)c1c(C)cc(C)cc1C.O=C(c1ccccc1)C(O)c1ccccc1. The molecule has 0 saturated heterocycles. The van der Waals surface area contributed by atoms with E-state index in [1.807, 2.05) is 52.0 Å². The van der Waals surface area contributed by atoms with Gasteiger partial charge in [-0.2, -0.15) is 0 Å². The Balaban J connectivity index is 0.000000230. The predicted octanol–water partition coefficient (Wildman–Crippen LogP) is 5.81. The molecule has 0 radical (unpaired) electrons. The van der Waals surface area contributed by atoms with Gasteiger partial charge in [0.15, 0.2) is 11.6 Å². The van der Waals surface area contributed by atoms with Crippen LogP contribution in [0.5, 0.6) is 0 Å². The van der Waals surface area contributed by atoms with Crippen LogP contribution < -0.4 is 5.30 Å². The van der Waals surface area contributed by atoms with E-state index >= 15 is 0 Å². The van der Waals surface area contributed by atoms with E-state index in [1.54, 1.807) is 60.7 Å². The molecule has 0 aliphatic carbocycles. The highest BCUT2D eigenvalue weighted by Gasteiger charge is 2.29. The molecule has 0 aromatic heterocycles. The highest BCUT2D eigenvalue weighted by Crippen LogP contribution is 2.37. The number of hydrogen-bond donors (Lipinski definition) is 3. The summed E-state index contributed by atoms with van der Waals surface area (Å²) in [6, 6.07) is 26.2. The fraction of sp³-hybridized carbons (Fsp3) is 0.188. The van der Waals surface area contributed by atoms with E-state index in [1.165, 1.54) is 6.07 Å². The Labute approximate surface area is 229 Å². The zero-order valence-corrected chi connectivity index (χ0v) is 23.4. The third-order valence-corrected chi connectivity index (χ3v) is 7.38. The van der Waals surface area contributed by atoms with Crippen LogP contribution in [0.1, 0.15) is 67.1 Å². The Hall–Kier alpha value is -3.67. The van der Waals surface area contributed by atoms with E-state index in [4.69, 9.17) is 0 Å². The Bertz CT molecular complexity index is 1480. The summed E-state index contributed by atoms with van der Waals surface area (Å²) >= 11 is 0. The second kappa shape index (κ2) is 12.9. The molecule has 3 N–H and O–H groups in total. The molecule has 7 heteroatoms. The Morgan fingerprint density at radius 2 is 1.31 bits per heavy atom. The fourth-order valence-corrected chi connectivity index (χ4v) is 5.41. The van der Waals surface area contributed by atoms with Crippen LogP contribution >= 0.6 is 7.60 Å². The van der Waals surface area contributed by atoms with E-state index < -0.39 is 13.7 Å². The molecule has 0 saturated carbocycles. The van der Waals surface area contributed by atoms with Gasteiger partial charge in [0.05, 0.1) is 5.30 Å². The third-order valence-electron chi connectivity index (χ3n) is 6.38. The number of aliphatic hydroxyl groups is 1. The van der Waals surface area contributed by atoms with Gasteiger partial charge in [-0.1, -0.05) is 97.4 Å². The first kappa shape index (κ1) is 29.9. The van der Waals surface area contributed by atoms with Gasteiger partial charge in [0, 0.05) is 16.7 Å². The van der Waals surface area contributed by atoms with Crippen LogP contribution in [-0.2, 0) is 11.0 Å². The normalized spacial score (nSPS) is 11.8. The van der Waals surface area contributed by atoms with Gasteiger partial charge in [0.25, 0.3) is 0 Å². The number of Topliss-reactive ketones (excluding diaryl/α,β-unsaturated/α-hetero) is 1. The van der Waals surface area contributed by atoms with Crippen molar-refractivity contribution in [2.24, 2.45) is 0 Å². The number of aryl methyl sites for hydroxylation is 4. The lowest BCUT2D eigenvalue weighted by atomic mass is 9.90. The summed E-state index contributed by atoms with van der Waals surface area (Å²) in [5.41, 5.74) is 5.13. The number of ketones is 2. The topological polar surface area (TPSA) is 112 Å². The summed E-state index contributed by atoms with van der Waals surface area (Å²) in [4.78, 5) is 44.3. The smallest absolute Gasteiger partial charge is 0.356 e. The Kier molecular flexibility index (Phi) is 9.90. The van der Waals surface area contributed by atoms with Crippen molar-refractivity contribution in [1.29, 1.82) is 0 Å². The molecule has 0 fully saturated rings. The first-order chi connectivity index (χ1) is 18.5. The van der Waals surface area contributed by atoms with Crippen LogP contribution in [0.4, 0.5) is 0 Å². The molecular formula is C32H33O6P. The van der Waals surface area contributed by atoms with Crippen molar-refractivity contribution >= 4 is 24.5 Å². The summed E-state index contributed by atoms with van der Waals surface area (Å²) in [5, 5.41) is 9.70. The van der Waals surface area contributed by atoms with Crippen molar-refractivity contribution in [2.75, 3.05) is 0 Å². The molecule has 0 heterocycles. The summed E-state index contributed by atoms with van der Waals surface area (Å²) in [6.45, 7) is 7.51. The first-order valence-electron chi connectivity index (χ1n) is 12.6. The van der Waals surface area contributed by atoms with Gasteiger partial charge < -0.3 is 14.9 Å². The van der Waals surface area contributed by atoms with Gasteiger partial charge in [0.1, 0.15) is 6.10 Å². The molecule has 4 aromatic carbocycles. The van der Waals surface area contributed by atoms with Crippen LogP contribution in [-0.4, -0.2) is 26.5 Å². The molecule has 0 aliphatic rings. The molecule has 4 aromatic rings. The zero-order chi connectivity index (χ0) is 28.7. The molecule has 1 atom stereocenters. The van der Waals surface area contributed by atoms with E-state index in [-0.39, 0.29) is 22.4 Å². The molecule has 0 amide bonds. The average Bonchev–Trinajstić information content (AvgIpc) is 2.92. The number of carbonyl (C=O) groups is 2. The number of aliphatic hydroxyl groups excluding tert-OH is 1. The lowest BCUT2D eigenvalue weighted by Crippen LogP contribution is -2.21. The van der Waals surface area contributed by atoms with Crippen LogP contribution in [0.25, 0.3) is 0 Å². The highest BCUT2D eigenvalue weighted by molar-refractivity contribution is 7.60. The van der Waals surface area contributed by atoms with Crippen molar-refractivity contribution in [3.8, 4) is 0 Å². The summed E-state index contributed by atoms with van der Waals surface area (Å²) < 4.78 is 11.8.